The highest BCUT2D eigenvalue weighted by molar-refractivity contribution is 8.00. The first-order chi connectivity index (χ1) is 14.2. The van der Waals surface area contributed by atoms with Crippen LogP contribution in [0.3, 0.4) is 0 Å². The van der Waals surface area contributed by atoms with Gasteiger partial charge in [-0.15, -0.1) is 11.8 Å². The van der Waals surface area contributed by atoms with Crippen LogP contribution < -0.4 is 5.32 Å². The van der Waals surface area contributed by atoms with E-state index in [1.165, 1.54) is 16.7 Å². The van der Waals surface area contributed by atoms with Gasteiger partial charge >= 0.3 is 6.09 Å². The maximum Gasteiger partial charge on any atom is 0.404 e. The summed E-state index contributed by atoms with van der Waals surface area (Å²) in [6, 6.07) is 31.6. The number of amides is 1. The molecule has 150 valence electrons. The number of carboxylic acid groups (broad SMARTS) is 1. The number of nitrogens with one attached hydrogen (secondary N) is 1. The van der Waals surface area contributed by atoms with E-state index in [4.69, 9.17) is 9.84 Å². The third-order valence-electron chi connectivity index (χ3n) is 4.61. The van der Waals surface area contributed by atoms with E-state index in [2.05, 4.69) is 78.1 Å². The summed E-state index contributed by atoms with van der Waals surface area (Å²) in [6.07, 6.45) is -1.03. The zero-order valence-electron chi connectivity index (χ0n) is 16.2. The van der Waals surface area contributed by atoms with Gasteiger partial charge in [0.2, 0.25) is 0 Å². The van der Waals surface area contributed by atoms with Crippen molar-refractivity contribution in [2.24, 2.45) is 0 Å². The lowest BCUT2D eigenvalue weighted by molar-refractivity contribution is 0.146. The molecule has 0 aliphatic heterocycles. The summed E-state index contributed by atoms with van der Waals surface area (Å²) in [5.41, 5.74) is 3.65. The monoisotopic (exact) mass is 407 g/mol. The fourth-order valence-corrected chi connectivity index (χ4v) is 4.77. The fourth-order valence-electron chi connectivity index (χ4n) is 3.35. The number of hydrogen-bond donors (Lipinski definition) is 2. The number of rotatable bonds is 10. The van der Waals surface area contributed by atoms with Gasteiger partial charge in [-0.1, -0.05) is 91.0 Å². The summed E-state index contributed by atoms with van der Waals surface area (Å²) in [6.45, 7) is 1.20. The quantitative estimate of drug-likeness (QED) is 0.367. The van der Waals surface area contributed by atoms with E-state index in [1.54, 1.807) is 0 Å². The van der Waals surface area contributed by atoms with Crippen molar-refractivity contribution < 1.29 is 14.6 Å². The topological polar surface area (TPSA) is 58.6 Å². The molecule has 0 heterocycles. The van der Waals surface area contributed by atoms with E-state index in [-0.39, 0.29) is 4.75 Å². The normalized spacial score (nSPS) is 11.2. The number of ether oxygens (including phenoxy) is 1. The molecule has 3 aromatic rings. The number of thioether (sulfide) groups is 1. The van der Waals surface area contributed by atoms with Gasteiger partial charge in [-0.3, -0.25) is 0 Å². The highest BCUT2D eigenvalue weighted by Gasteiger charge is 2.36. The van der Waals surface area contributed by atoms with Gasteiger partial charge in [-0.25, -0.2) is 4.79 Å². The Bertz CT molecular complexity index is 776. The van der Waals surface area contributed by atoms with E-state index in [0.29, 0.717) is 19.8 Å². The van der Waals surface area contributed by atoms with Crippen LogP contribution in [-0.2, 0) is 9.48 Å². The van der Waals surface area contributed by atoms with Gasteiger partial charge in [0, 0.05) is 12.3 Å². The van der Waals surface area contributed by atoms with Gasteiger partial charge in [0.1, 0.15) is 0 Å². The average molecular weight is 408 g/mol. The molecule has 29 heavy (non-hydrogen) atoms. The highest BCUT2D eigenvalue weighted by Crippen LogP contribution is 2.48. The number of carbonyl (C=O) groups is 1. The van der Waals surface area contributed by atoms with Crippen LogP contribution in [0.5, 0.6) is 0 Å². The predicted molar refractivity (Wildman–Crippen MR) is 119 cm³/mol. The molecule has 0 atom stereocenters. The van der Waals surface area contributed by atoms with Gasteiger partial charge in [0.15, 0.2) is 0 Å². The molecule has 1 amide bonds. The lowest BCUT2D eigenvalue weighted by Gasteiger charge is -2.35. The van der Waals surface area contributed by atoms with Crippen LogP contribution in [-0.4, -0.2) is 36.7 Å². The van der Waals surface area contributed by atoms with Crippen LogP contribution in [0.4, 0.5) is 4.79 Å². The number of hydrogen-bond acceptors (Lipinski definition) is 3. The van der Waals surface area contributed by atoms with Gasteiger partial charge < -0.3 is 15.2 Å². The van der Waals surface area contributed by atoms with Crippen LogP contribution in [0.25, 0.3) is 0 Å². The molecule has 3 rings (SSSR count). The Morgan fingerprint density at radius 2 is 1.24 bits per heavy atom. The molecule has 2 N–H and O–H groups in total. The molecule has 0 aliphatic carbocycles. The SMILES string of the molecule is O=C(O)NCCOCCSC(c1ccccc1)(c1ccccc1)c1ccccc1. The first kappa shape index (κ1) is 21.0. The molecule has 0 radical (unpaired) electrons. The second-order valence-electron chi connectivity index (χ2n) is 6.47. The van der Waals surface area contributed by atoms with Crippen molar-refractivity contribution in [3.05, 3.63) is 108 Å². The standard InChI is InChI=1S/C24H25NO3S/c26-23(27)25-16-17-28-18-19-29-24(20-10-4-1-5-11-20,21-12-6-2-7-13-21)22-14-8-3-9-15-22/h1-15,25H,16-19H2,(H,26,27). The minimum atomic E-state index is -1.03. The van der Waals surface area contributed by atoms with Crippen molar-refractivity contribution in [1.29, 1.82) is 0 Å². The first-order valence-electron chi connectivity index (χ1n) is 9.58. The Balaban J connectivity index is 1.86. The third kappa shape index (κ3) is 5.40. The minimum Gasteiger partial charge on any atom is -0.465 e. The van der Waals surface area contributed by atoms with E-state index in [0.717, 1.165) is 5.75 Å². The number of benzene rings is 3. The Kier molecular flexibility index (Phi) is 7.73. The maximum absolute atomic E-state index is 10.5. The van der Waals surface area contributed by atoms with Crippen molar-refractivity contribution in [2.75, 3.05) is 25.5 Å². The van der Waals surface area contributed by atoms with Gasteiger partial charge in [0.05, 0.1) is 18.0 Å². The molecule has 0 bridgehead atoms. The molecule has 0 saturated heterocycles. The van der Waals surface area contributed by atoms with Crippen molar-refractivity contribution >= 4 is 17.9 Å². The lowest BCUT2D eigenvalue weighted by atomic mass is 9.84. The molecule has 0 spiro atoms. The molecule has 0 saturated carbocycles. The second-order valence-corrected chi connectivity index (χ2v) is 7.78. The van der Waals surface area contributed by atoms with Crippen molar-refractivity contribution in [1.82, 2.24) is 5.32 Å². The Labute approximate surface area is 175 Å². The molecule has 4 nitrogen and oxygen atoms in total. The van der Waals surface area contributed by atoms with Crippen molar-refractivity contribution in [2.45, 2.75) is 4.75 Å². The maximum atomic E-state index is 10.5. The van der Waals surface area contributed by atoms with Crippen LogP contribution in [0.2, 0.25) is 0 Å². The van der Waals surface area contributed by atoms with Crippen molar-refractivity contribution in [3.8, 4) is 0 Å². The Morgan fingerprint density at radius 1 is 0.793 bits per heavy atom. The smallest absolute Gasteiger partial charge is 0.404 e. The van der Waals surface area contributed by atoms with Gasteiger partial charge in [0.25, 0.3) is 0 Å². The zero-order chi connectivity index (χ0) is 20.4. The average Bonchev–Trinajstić information content (AvgIpc) is 2.77. The molecule has 0 aromatic heterocycles. The highest BCUT2D eigenvalue weighted by atomic mass is 32.2. The minimum absolute atomic E-state index is 0.293. The molecule has 3 aromatic carbocycles. The van der Waals surface area contributed by atoms with Crippen LogP contribution >= 0.6 is 11.8 Å². The van der Waals surface area contributed by atoms with E-state index in [9.17, 15) is 4.79 Å². The predicted octanol–water partition coefficient (Wildman–Crippen LogP) is 5.00. The summed E-state index contributed by atoms with van der Waals surface area (Å²) in [4.78, 5) is 10.5. The largest absolute Gasteiger partial charge is 0.465 e. The van der Waals surface area contributed by atoms with Crippen molar-refractivity contribution in [3.63, 3.8) is 0 Å². The van der Waals surface area contributed by atoms with E-state index < -0.39 is 6.09 Å². The molecular weight excluding hydrogens is 382 g/mol. The second kappa shape index (κ2) is 10.7. The summed E-state index contributed by atoms with van der Waals surface area (Å²) in [5, 5.41) is 10.9. The zero-order valence-corrected chi connectivity index (χ0v) is 17.0. The van der Waals surface area contributed by atoms with Crippen LogP contribution in [0.1, 0.15) is 16.7 Å². The lowest BCUT2D eigenvalue weighted by Crippen LogP contribution is -2.27. The first-order valence-corrected chi connectivity index (χ1v) is 10.6. The molecule has 5 heteroatoms. The third-order valence-corrected chi connectivity index (χ3v) is 6.12. The summed E-state index contributed by atoms with van der Waals surface area (Å²) in [5.74, 6) is 0.770. The van der Waals surface area contributed by atoms with Gasteiger partial charge in [-0.2, -0.15) is 0 Å². The molecule has 0 aliphatic rings. The fraction of sp³-hybridized carbons (Fsp3) is 0.208. The Hall–Kier alpha value is -2.76. The summed E-state index contributed by atoms with van der Waals surface area (Å²) >= 11 is 1.83. The van der Waals surface area contributed by atoms with Gasteiger partial charge in [-0.05, 0) is 16.7 Å². The van der Waals surface area contributed by atoms with Crippen LogP contribution in [0, 0.1) is 0 Å². The summed E-state index contributed by atoms with van der Waals surface area (Å²) in [7, 11) is 0. The summed E-state index contributed by atoms with van der Waals surface area (Å²) < 4.78 is 5.29. The Morgan fingerprint density at radius 3 is 1.66 bits per heavy atom. The molecule has 0 unspecified atom stereocenters. The molecular formula is C24H25NO3S. The molecule has 0 fully saturated rings. The van der Waals surface area contributed by atoms with Crippen LogP contribution in [0.15, 0.2) is 91.0 Å². The van der Waals surface area contributed by atoms with E-state index in [1.807, 2.05) is 30.0 Å². The van der Waals surface area contributed by atoms with E-state index >= 15 is 0 Å².